The lowest BCUT2D eigenvalue weighted by Gasteiger charge is -2.32. The van der Waals surface area contributed by atoms with Crippen LogP contribution >= 0.6 is 0 Å². The molecule has 2 aliphatic rings. The van der Waals surface area contributed by atoms with E-state index in [-0.39, 0.29) is 11.9 Å². The molecule has 2 saturated carbocycles. The van der Waals surface area contributed by atoms with Gasteiger partial charge in [0.15, 0.2) is 11.5 Å². The molecule has 2 aromatic heterocycles. The van der Waals surface area contributed by atoms with Crippen molar-refractivity contribution in [3.05, 3.63) is 35.7 Å². The van der Waals surface area contributed by atoms with Gasteiger partial charge in [-0.1, -0.05) is 49.9 Å². The van der Waals surface area contributed by atoms with Crippen molar-refractivity contribution in [2.75, 3.05) is 5.32 Å². The number of nitrogens with zero attached hydrogens (tertiary/aromatic N) is 4. The lowest BCUT2D eigenvalue weighted by Crippen LogP contribution is -2.31. The predicted octanol–water partition coefficient (Wildman–Crippen LogP) is 5.93. The minimum Gasteiger partial charge on any atom is -0.475 e. The Morgan fingerprint density at radius 3 is 2.56 bits per heavy atom. The van der Waals surface area contributed by atoms with Gasteiger partial charge in [0.2, 0.25) is 5.82 Å². The number of nitrogens with one attached hydrogen (secondary N) is 1. The van der Waals surface area contributed by atoms with Gasteiger partial charge < -0.3 is 15.0 Å². The zero-order valence-electron chi connectivity index (χ0n) is 20.4. The quantitative estimate of drug-likeness (QED) is 0.453. The van der Waals surface area contributed by atoms with Gasteiger partial charge >= 0.3 is 5.97 Å². The number of fused-ring (bicyclic) bond motifs is 1. The highest BCUT2D eigenvalue weighted by molar-refractivity contribution is 5.92. The molecule has 2 N–H and O–H groups in total. The molecular weight excluding hydrogens is 426 g/mol. The van der Waals surface area contributed by atoms with Gasteiger partial charge in [0, 0.05) is 18.2 Å². The Morgan fingerprint density at radius 1 is 1.15 bits per heavy atom. The fourth-order valence-corrected chi connectivity index (χ4v) is 5.46. The number of benzene rings is 1. The van der Waals surface area contributed by atoms with Gasteiger partial charge in [-0.2, -0.15) is 0 Å². The molecule has 2 heterocycles. The Hall–Kier alpha value is -2.96. The van der Waals surface area contributed by atoms with Crippen LogP contribution in [0.3, 0.4) is 0 Å². The summed E-state index contributed by atoms with van der Waals surface area (Å²) in [6, 6.07) is 8.55. The number of hydrogen-bond acceptors (Lipinski definition) is 5. The summed E-state index contributed by atoms with van der Waals surface area (Å²) < 4.78 is 2.26. The molecule has 3 aromatic rings. The van der Waals surface area contributed by atoms with Gasteiger partial charge in [0.25, 0.3) is 0 Å². The Morgan fingerprint density at radius 2 is 1.91 bits per heavy atom. The van der Waals surface area contributed by atoms with Gasteiger partial charge in [-0.25, -0.2) is 19.7 Å². The Labute approximate surface area is 201 Å². The normalized spacial score (nSPS) is 21.9. The molecule has 7 nitrogen and oxygen atoms in total. The largest absolute Gasteiger partial charge is 0.475 e. The Kier molecular flexibility index (Phi) is 6.28. The van der Waals surface area contributed by atoms with Crippen LogP contribution in [-0.4, -0.2) is 36.6 Å². The minimum absolute atomic E-state index is 0.206. The molecular formula is C27H35N5O2. The van der Waals surface area contributed by atoms with E-state index in [9.17, 15) is 9.90 Å². The highest BCUT2D eigenvalue weighted by Gasteiger charge is 2.28. The van der Waals surface area contributed by atoms with Crippen LogP contribution in [0.15, 0.2) is 24.3 Å². The lowest BCUT2D eigenvalue weighted by molar-refractivity contribution is 0.0684. The molecule has 2 aliphatic carbocycles. The first kappa shape index (κ1) is 22.8. The lowest BCUT2D eigenvalue weighted by atomic mass is 9.80. The monoisotopic (exact) mass is 461 g/mol. The summed E-state index contributed by atoms with van der Waals surface area (Å²) in [6.45, 7) is 7.43. The SMILES string of the molecule is Cc1cccc(-c2nc3nc(C(=O)O)nc(N[C@H](C)C4CCC4)c3n2CC2CCC(C)CC2)c1. The first-order valence-electron chi connectivity index (χ1n) is 12.7. The van der Waals surface area contributed by atoms with Gasteiger partial charge in [-0.15, -0.1) is 0 Å². The van der Waals surface area contributed by atoms with Crippen LogP contribution in [-0.2, 0) is 6.54 Å². The summed E-state index contributed by atoms with van der Waals surface area (Å²) in [5.41, 5.74) is 3.47. The fourth-order valence-electron chi connectivity index (χ4n) is 5.46. The van der Waals surface area contributed by atoms with Crippen LogP contribution in [0.4, 0.5) is 5.82 Å². The molecule has 0 spiro atoms. The predicted molar refractivity (Wildman–Crippen MR) is 134 cm³/mol. The molecule has 0 radical (unpaired) electrons. The van der Waals surface area contributed by atoms with E-state index in [2.05, 4.69) is 58.8 Å². The smallest absolute Gasteiger partial charge is 0.374 e. The zero-order chi connectivity index (χ0) is 23.8. The van der Waals surface area contributed by atoms with Crippen LogP contribution in [0.5, 0.6) is 0 Å². The third-order valence-electron chi connectivity index (χ3n) is 7.87. The molecule has 1 atom stereocenters. The number of carboxylic acid groups (broad SMARTS) is 1. The number of anilines is 1. The summed E-state index contributed by atoms with van der Waals surface area (Å²) in [5.74, 6) is 2.04. The average molecular weight is 462 g/mol. The topological polar surface area (TPSA) is 92.9 Å². The third kappa shape index (κ3) is 4.52. The second-order valence-corrected chi connectivity index (χ2v) is 10.5. The van der Waals surface area contributed by atoms with Gasteiger partial charge in [0.1, 0.15) is 11.3 Å². The first-order valence-corrected chi connectivity index (χ1v) is 12.7. The molecule has 5 rings (SSSR count). The second kappa shape index (κ2) is 9.35. The second-order valence-electron chi connectivity index (χ2n) is 10.5. The van der Waals surface area contributed by atoms with Crippen LogP contribution in [0.25, 0.3) is 22.6 Å². The van der Waals surface area contributed by atoms with Gasteiger partial charge in [-0.3, -0.25) is 0 Å². The standard InChI is InChI=1S/C27H35N5O2/c1-16-10-12-19(13-11-16)15-32-22-23(28-18(3)20-7-5-8-20)29-25(27(33)34)30-24(22)31-26(32)21-9-4-6-17(2)14-21/h4,6,9,14,16,18-20H,5,7-8,10-13,15H2,1-3H3,(H,33,34)(H,28,29,30)/t16?,18-,19?/m1/s1. The number of hydrogen-bond donors (Lipinski definition) is 2. The number of carbonyl (C=O) groups is 1. The van der Waals surface area contributed by atoms with E-state index in [1.807, 2.05) is 6.07 Å². The van der Waals surface area contributed by atoms with E-state index in [0.717, 1.165) is 34.9 Å². The molecule has 0 bridgehead atoms. The molecule has 180 valence electrons. The molecule has 2 fully saturated rings. The van der Waals surface area contributed by atoms with Crippen molar-refractivity contribution in [1.29, 1.82) is 0 Å². The Bertz CT molecular complexity index is 1190. The first-order chi connectivity index (χ1) is 16.4. The highest BCUT2D eigenvalue weighted by atomic mass is 16.4. The van der Waals surface area contributed by atoms with Crippen LogP contribution < -0.4 is 5.32 Å². The van der Waals surface area contributed by atoms with Gasteiger partial charge in [-0.05, 0) is 63.4 Å². The molecule has 1 aromatic carbocycles. The summed E-state index contributed by atoms with van der Waals surface area (Å²) in [5, 5.41) is 13.3. The van der Waals surface area contributed by atoms with Crippen LogP contribution in [0, 0.1) is 24.7 Å². The zero-order valence-corrected chi connectivity index (χ0v) is 20.4. The summed E-state index contributed by atoms with van der Waals surface area (Å²) in [4.78, 5) is 25.6. The van der Waals surface area contributed by atoms with Crippen molar-refractivity contribution in [2.24, 2.45) is 17.8 Å². The summed E-state index contributed by atoms with van der Waals surface area (Å²) in [6.07, 6.45) is 8.55. The van der Waals surface area contributed by atoms with Crippen molar-refractivity contribution in [1.82, 2.24) is 19.5 Å². The van der Waals surface area contributed by atoms with E-state index < -0.39 is 5.97 Å². The van der Waals surface area contributed by atoms with Crippen LogP contribution in [0.2, 0.25) is 0 Å². The van der Waals surface area contributed by atoms with E-state index in [4.69, 9.17) is 4.98 Å². The third-order valence-corrected chi connectivity index (χ3v) is 7.87. The van der Waals surface area contributed by atoms with E-state index in [1.54, 1.807) is 0 Å². The maximum atomic E-state index is 11.9. The number of carboxylic acids is 1. The van der Waals surface area contributed by atoms with Crippen LogP contribution in [0.1, 0.15) is 75.0 Å². The molecule has 0 unspecified atom stereocenters. The summed E-state index contributed by atoms with van der Waals surface area (Å²) in [7, 11) is 0. The summed E-state index contributed by atoms with van der Waals surface area (Å²) >= 11 is 0. The van der Waals surface area contributed by atoms with Crippen molar-refractivity contribution >= 4 is 23.0 Å². The molecule has 0 saturated heterocycles. The molecule has 0 amide bonds. The number of aromatic nitrogens is 4. The maximum absolute atomic E-state index is 11.9. The number of aryl methyl sites for hydroxylation is 1. The Balaban J connectivity index is 1.65. The average Bonchev–Trinajstić information content (AvgIpc) is 3.12. The molecule has 34 heavy (non-hydrogen) atoms. The highest BCUT2D eigenvalue weighted by Crippen LogP contribution is 2.36. The number of aromatic carboxylic acids is 1. The molecule has 7 heteroatoms. The van der Waals surface area contributed by atoms with E-state index in [1.165, 1.54) is 44.9 Å². The van der Waals surface area contributed by atoms with Crippen molar-refractivity contribution in [3.63, 3.8) is 0 Å². The minimum atomic E-state index is -1.13. The van der Waals surface area contributed by atoms with Crippen molar-refractivity contribution < 1.29 is 9.90 Å². The van der Waals surface area contributed by atoms with Crippen molar-refractivity contribution in [3.8, 4) is 11.4 Å². The van der Waals surface area contributed by atoms with Crippen molar-refractivity contribution in [2.45, 2.75) is 78.3 Å². The van der Waals surface area contributed by atoms with E-state index in [0.29, 0.717) is 23.3 Å². The number of rotatable bonds is 7. The molecule has 0 aliphatic heterocycles. The fraction of sp³-hybridized carbons (Fsp3) is 0.556. The van der Waals surface area contributed by atoms with Gasteiger partial charge in [0.05, 0.1) is 0 Å². The van der Waals surface area contributed by atoms with E-state index >= 15 is 0 Å². The number of imidazole rings is 1. The maximum Gasteiger partial charge on any atom is 0.374 e.